The van der Waals surface area contributed by atoms with Crippen LogP contribution < -0.4 is 0 Å². The zero-order valence-corrected chi connectivity index (χ0v) is 8.22. The van der Waals surface area contributed by atoms with Gasteiger partial charge in [-0.1, -0.05) is 6.92 Å². The van der Waals surface area contributed by atoms with Crippen molar-refractivity contribution in [2.24, 2.45) is 0 Å². The van der Waals surface area contributed by atoms with E-state index >= 15 is 0 Å². The molecule has 0 spiro atoms. The molecule has 72 valence electrons. The Morgan fingerprint density at radius 2 is 1.75 bits per heavy atom. The van der Waals surface area contributed by atoms with Crippen molar-refractivity contribution in [3.8, 4) is 0 Å². The normalized spacial score (nSPS) is 10.9. The molecular weight excluding hydrogens is 180 g/mol. The largest absolute Gasteiger partial charge is 0.481 e. The van der Waals surface area contributed by atoms with Gasteiger partial charge in [0.25, 0.3) is 0 Å². The number of aliphatic carboxylic acids is 2. The number of hydrogen-bond donors (Lipinski definition) is 2. The predicted molar refractivity (Wildman–Crippen MR) is 48.5 cm³/mol. The first kappa shape index (κ1) is 13.9. The second-order valence-corrected chi connectivity index (χ2v) is 3.14. The Morgan fingerprint density at radius 1 is 1.42 bits per heavy atom. The van der Waals surface area contributed by atoms with Crippen LogP contribution in [0.1, 0.15) is 20.3 Å². The van der Waals surface area contributed by atoms with Crippen molar-refractivity contribution in [1.82, 2.24) is 0 Å². The molecule has 0 bridgehead atoms. The molecule has 0 radical (unpaired) electrons. The number of hydrogen-bond acceptors (Lipinski definition) is 3. The van der Waals surface area contributed by atoms with Crippen LogP contribution >= 0.6 is 11.8 Å². The summed E-state index contributed by atoms with van der Waals surface area (Å²) >= 11 is 1.33. The highest BCUT2D eigenvalue weighted by molar-refractivity contribution is 7.99. The average Bonchev–Trinajstić information content (AvgIpc) is 2.04. The fourth-order valence-corrected chi connectivity index (χ4v) is 0.302. The summed E-state index contributed by atoms with van der Waals surface area (Å²) in [6.07, 6.45) is 2.00. The highest BCUT2D eigenvalue weighted by Gasteiger charge is 2.05. The molecule has 0 saturated carbocycles. The van der Waals surface area contributed by atoms with E-state index in [1.807, 2.05) is 0 Å². The molecule has 0 saturated heterocycles. The van der Waals surface area contributed by atoms with E-state index in [-0.39, 0.29) is 11.7 Å². The molecule has 5 heteroatoms. The topological polar surface area (TPSA) is 74.6 Å². The zero-order chi connectivity index (χ0) is 10.1. The van der Waals surface area contributed by atoms with Crippen LogP contribution in [0.3, 0.4) is 0 Å². The van der Waals surface area contributed by atoms with E-state index in [2.05, 4.69) is 0 Å². The van der Waals surface area contributed by atoms with Crippen molar-refractivity contribution >= 4 is 23.7 Å². The van der Waals surface area contributed by atoms with Crippen LogP contribution in [0, 0.1) is 0 Å². The maximum absolute atomic E-state index is 9.91. The van der Waals surface area contributed by atoms with Crippen molar-refractivity contribution < 1.29 is 19.8 Å². The van der Waals surface area contributed by atoms with E-state index in [1.54, 1.807) is 20.1 Å². The average molecular weight is 194 g/mol. The van der Waals surface area contributed by atoms with Gasteiger partial charge in [0.05, 0.1) is 5.25 Å². The summed E-state index contributed by atoms with van der Waals surface area (Å²) < 4.78 is 0. The molecule has 0 aromatic heterocycles. The third-order valence-electron chi connectivity index (χ3n) is 1.00. The van der Waals surface area contributed by atoms with Crippen molar-refractivity contribution in [3.05, 3.63) is 0 Å². The lowest BCUT2D eigenvalue weighted by atomic mass is 10.5. The van der Waals surface area contributed by atoms with E-state index in [1.165, 1.54) is 11.8 Å². The Labute approximate surface area is 76.0 Å². The number of rotatable bonds is 3. The number of carboxylic acids is 2. The molecule has 0 fully saturated rings. The van der Waals surface area contributed by atoms with Gasteiger partial charge >= 0.3 is 11.9 Å². The Hall–Kier alpha value is -0.710. The minimum absolute atomic E-state index is 0.222. The molecule has 0 rings (SSSR count). The number of carboxylic acid groups (broad SMARTS) is 2. The molecule has 0 amide bonds. The summed E-state index contributed by atoms with van der Waals surface area (Å²) in [5.74, 6) is -1.49. The Bertz CT molecular complexity index is 146. The van der Waals surface area contributed by atoms with Gasteiger partial charge in [-0.25, -0.2) is 0 Å². The summed E-state index contributed by atoms with van der Waals surface area (Å²) in [6.45, 7) is 3.26. The lowest BCUT2D eigenvalue weighted by Gasteiger charge is -1.96. The molecule has 0 aromatic rings. The van der Waals surface area contributed by atoms with E-state index in [0.717, 1.165) is 0 Å². The second-order valence-electron chi connectivity index (χ2n) is 1.96. The lowest BCUT2D eigenvalue weighted by molar-refractivity contribution is -0.137. The molecule has 12 heavy (non-hydrogen) atoms. The summed E-state index contributed by atoms with van der Waals surface area (Å²) in [7, 11) is 0. The van der Waals surface area contributed by atoms with E-state index in [0.29, 0.717) is 0 Å². The molecule has 0 aliphatic carbocycles. The molecule has 4 nitrogen and oxygen atoms in total. The quantitative estimate of drug-likeness (QED) is 0.708. The third kappa shape index (κ3) is 12.0. The van der Waals surface area contributed by atoms with Gasteiger partial charge in [0.1, 0.15) is 0 Å². The van der Waals surface area contributed by atoms with Crippen LogP contribution in [-0.2, 0) is 9.59 Å². The van der Waals surface area contributed by atoms with Crippen molar-refractivity contribution in [2.75, 3.05) is 6.26 Å². The highest BCUT2D eigenvalue weighted by atomic mass is 32.2. The Balaban J connectivity index is 0. The summed E-state index contributed by atoms with van der Waals surface area (Å²) in [6, 6.07) is 0. The molecule has 1 atom stereocenters. The summed E-state index contributed by atoms with van der Waals surface area (Å²) in [4.78, 5) is 19.3. The molecule has 2 N–H and O–H groups in total. The maximum Gasteiger partial charge on any atom is 0.316 e. The predicted octanol–water partition coefficient (Wildman–Crippen LogP) is 1.30. The van der Waals surface area contributed by atoms with Gasteiger partial charge in [-0.15, -0.1) is 0 Å². The van der Waals surface area contributed by atoms with E-state index < -0.39 is 11.9 Å². The van der Waals surface area contributed by atoms with Crippen LogP contribution in [0.2, 0.25) is 0 Å². The molecular formula is C7H14O4S. The number of carbonyl (C=O) groups is 2. The standard InChI is InChI=1S/C4H8O2S.C3H6O2/c1-3(7-2)4(5)6;1-2-3(4)5/h3H,1-2H3,(H,5,6);2H2,1H3,(H,4,5). The fraction of sp³-hybridized carbons (Fsp3) is 0.714. The van der Waals surface area contributed by atoms with Crippen LogP contribution in [-0.4, -0.2) is 33.7 Å². The Morgan fingerprint density at radius 3 is 1.75 bits per heavy atom. The summed E-state index contributed by atoms with van der Waals surface area (Å²) in [5, 5.41) is 15.6. The van der Waals surface area contributed by atoms with Gasteiger partial charge in [0.15, 0.2) is 0 Å². The monoisotopic (exact) mass is 194 g/mol. The molecule has 0 heterocycles. The minimum atomic E-state index is -0.745. The van der Waals surface area contributed by atoms with Gasteiger partial charge in [0.2, 0.25) is 0 Å². The first-order valence-corrected chi connectivity index (χ1v) is 4.71. The third-order valence-corrected chi connectivity index (χ3v) is 1.91. The van der Waals surface area contributed by atoms with Crippen LogP contribution in [0.5, 0.6) is 0 Å². The first-order valence-electron chi connectivity index (χ1n) is 3.43. The Kier molecular flexibility index (Phi) is 9.68. The van der Waals surface area contributed by atoms with Gasteiger partial charge in [-0.2, -0.15) is 11.8 Å². The molecule has 0 aliphatic heterocycles. The van der Waals surface area contributed by atoms with Crippen LogP contribution in [0.4, 0.5) is 0 Å². The van der Waals surface area contributed by atoms with Gasteiger partial charge in [-0.3, -0.25) is 9.59 Å². The van der Waals surface area contributed by atoms with E-state index in [9.17, 15) is 9.59 Å². The smallest absolute Gasteiger partial charge is 0.316 e. The van der Waals surface area contributed by atoms with Gasteiger partial charge < -0.3 is 10.2 Å². The van der Waals surface area contributed by atoms with Crippen LogP contribution in [0.25, 0.3) is 0 Å². The highest BCUT2D eigenvalue weighted by Crippen LogP contribution is 2.02. The SMILES string of the molecule is CCC(=O)O.CSC(C)C(=O)O. The molecule has 0 aliphatic rings. The number of thioether (sulfide) groups is 1. The van der Waals surface area contributed by atoms with Gasteiger partial charge in [0, 0.05) is 6.42 Å². The maximum atomic E-state index is 9.91. The first-order chi connectivity index (χ1) is 5.45. The molecule has 1 unspecified atom stereocenters. The van der Waals surface area contributed by atoms with Crippen molar-refractivity contribution in [2.45, 2.75) is 25.5 Å². The fourth-order valence-electron chi connectivity index (χ4n) is 0.101. The molecule has 0 aromatic carbocycles. The minimum Gasteiger partial charge on any atom is -0.481 e. The van der Waals surface area contributed by atoms with Crippen molar-refractivity contribution in [1.29, 1.82) is 0 Å². The summed E-state index contributed by atoms with van der Waals surface area (Å²) in [5.41, 5.74) is 0. The second kappa shape index (κ2) is 8.39. The van der Waals surface area contributed by atoms with Gasteiger partial charge in [-0.05, 0) is 13.2 Å². The van der Waals surface area contributed by atoms with Crippen molar-refractivity contribution in [3.63, 3.8) is 0 Å². The lowest BCUT2D eigenvalue weighted by Crippen LogP contribution is -2.09. The van der Waals surface area contributed by atoms with E-state index in [4.69, 9.17) is 10.2 Å². The zero-order valence-electron chi connectivity index (χ0n) is 7.40. The van der Waals surface area contributed by atoms with Crippen LogP contribution in [0.15, 0.2) is 0 Å².